The summed E-state index contributed by atoms with van der Waals surface area (Å²) in [5.41, 5.74) is -0.734. The van der Waals surface area contributed by atoms with Gasteiger partial charge in [0.2, 0.25) is 0 Å². The van der Waals surface area contributed by atoms with E-state index in [-0.39, 0.29) is 11.9 Å². The Labute approximate surface area is 105 Å². The Morgan fingerprint density at radius 3 is 3.00 bits per heavy atom. The van der Waals surface area contributed by atoms with Crippen LogP contribution in [-0.2, 0) is 19.3 Å². The predicted molar refractivity (Wildman–Crippen MR) is 62.4 cm³/mol. The van der Waals surface area contributed by atoms with Crippen molar-refractivity contribution in [3.8, 4) is 0 Å². The van der Waals surface area contributed by atoms with E-state index in [1.807, 2.05) is 0 Å². The number of hydrogen-bond acceptors (Lipinski definition) is 6. The number of aliphatic hydroxyl groups excluding tert-OH is 1. The molecule has 0 aromatic carbocycles. The van der Waals surface area contributed by atoms with Crippen LogP contribution in [0.2, 0.25) is 0 Å². The van der Waals surface area contributed by atoms with Gasteiger partial charge in [0.05, 0.1) is 5.92 Å². The molecular weight excluding hydrogens is 244 g/mol. The second-order valence-corrected chi connectivity index (χ2v) is 4.76. The summed E-state index contributed by atoms with van der Waals surface area (Å²) in [6, 6.07) is 0. The minimum Gasteiger partial charge on any atom is -0.462 e. The molecular formula is C11H16O5S. The Bertz CT molecular complexity index is 345. The SMILES string of the molecule is CC(=O)OC(C)C1C2OOC1(CS)C=CC2O. The summed E-state index contributed by atoms with van der Waals surface area (Å²) in [5, 5.41) is 9.80. The summed E-state index contributed by atoms with van der Waals surface area (Å²) in [6.07, 6.45) is 1.67. The van der Waals surface area contributed by atoms with Gasteiger partial charge in [-0.1, -0.05) is 6.08 Å². The maximum atomic E-state index is 11.0. The molecule has 1 N–H and O–H groups in total. The zero-order chi connectivity index (χ0) is 12.6. The van der Waals surface area contributed by atoms with Gasteiger partial charge in [0, 0.05) is 12.7 Å². The van der Waals surface area contributed by atoms with Crippen LogP contribution in [0, 0.1) is 5.92 Å². The third kappa shape index (κ3) is 2.10. The van der Waals surface area contributed by atoms with Crippen LogP contribution in [0.3, 0.4) is 0 Å². The predicted octanol–water partition coefficient (Wildman–Crippen LogP) is 0.484. The highest BCUT2D eigenvalue weighted by atomic mass is 32.1. The molecule has 6 heteroatoms. The summed E-state index contributed by atoms with van der Waals surface area (Å²) in [7, 11) is 0. The van der Waals surface area contributed by atoms with E-state index < -0.39 is 23.9 Å². The molecule has 2 bridgehead atoms. The number of hydrogen-bond donors (Lipinski definition) is 2. The van der Waals surface area contributed by atoms with Gasteiger partial charge in [-0.3, -0.25) is 4.79 Å². The largest absolute Gasteiger partial charge is 0.462 e. The first-order valence-corrected chi connectivity index (χ1v) is 6.13. The quantitative estimate of drug-likeness (QED) is 0.334. The lowest BCUT2D eigenvalue weighted by atomic mass is 9.75. The second kappa shape index (κ2) is 4.61. The summed E-state index contributed by atoms with van der Waals surface area (Å²) < 4.78 is 5.17. The van der Waals surface area contributed by atoms with Crippen LogP contribution in [0.1, 0.15) is 13.8 Å². The molecule has 96 valence electrons. The normalized spacial score (nSPS) is 41.3. The van der Waals surface area contributed by atoms with E-state index in [1.54, 1.807) is 19.1 Å². The number of carbonyl (C=O) groups is 1. The number of esters is 1. The lowest BCUT2D eigenvalue weighted by molar-refractivity contribution is -0.314. The maximum Gasteiger partial charge on any atom is 0.302 e. The maximum absolute atomic E-state index is 11.0. The zero-order valence-corrected chi connectivity index (χ0v) is 10.6. The fourth-order valence-corrected chi connectivity index (χ4v) is 2.87. The first-order chi connectivity index (χ1) is 8.00. The van der Waals surface area contributed by atoms with Crippen molar-refractivity contribution in [3.05, 3.63) is 12.2 Å². The molecule has 0 amide bonds. The van der Waals surface area contributed by atoms with E-state index in [0.717, 1.165) is 0 Å². The van der Waals surface area contributed by atoms with Crippen molar-refractivity contribution in [2.75, 3.05) is 5.75 Å². The Kier molecular flexibility index (Phi) is 3.49. The molecule has 2 aliphatic rings. The summed E-state index contributed by atoms with van der Waals surface area (Å²) in [6.45, 7) is 3.11. The first-order valence-electron chi connectivity index (χ1n) is 5.50. The second-order valence-electron chi connectivity index (χ2n) is 4.45. The van der Waals surface area contributed by atoms with Crippen LogP contribution in [-0.4, -0.2) is 40.7 Å². The van der Waals surface area contributed by atoms with Crippen LogP contribution < -0.4 is 0 Å². The summed E-state index contributed by atoms with van der Waals surface area (Å²) in [4.78, 5) is 21.4. The van der Waals surface area contributed by atoms with E-state index >= 15 is 0 Å². The number of carbonyl (C=O) groups excluding carboxylic acids is 1. The number of ether oxygens (including phenoxy) is 1. The molecule has 1 heterocycles. The average Bonchev–Trinajstić information content (AvgIpc) is 2.57. The topological polar surface area (TPSA) is 65.0 Å². The molecule has 1 saturated heterocycles. The number of rotatable bonds is 3. The summed E-state index contributed by atoms with van der Waals surface area (Å²) >= 11 is 4.25. The zero-order valence-electron chi connectivity index (χ0n) is 9.70. The fraction of sp³-hybridized carbons (Fsp3) is 0.727. The van der Waals surface area contributed by atoms with Crippen LogP contribution >= 0.6 is 12.6 Å². The van der Waals surface area contributed by atoms with Crippen molar-refractivity contribution in [3.63, 3.8) is 0 Å². The molecule has 1 aliphatic heterocycles. The molecule has 1 aliphatic carbocycles. The van der Waals surface area contributed by atoms with Crippen molar-refractivity contribution < 1.29 is 24.4 Å². The molecule has 5 unspecified atom stereocenters. The molecule has 0 aromatic heterocycles. The highest BCUT2D eigenvalue weighted by molar-refractivity contribution is 7.80. The molecule has 5 atom stereocenters. The minimum atomic E-state index is -0.756. The van der Waals surface area contributed by atoms with Gasteiger partial charge in [-0.05, 0) is 13.0 Å². The van der Waals surface area contributed by atoms with Crippen LogP contribution in [0.5, 0.6) is 0 Å². The van der Waals surface area contributed by atoms with Crippen LogP contribution in [0.25, 0.3) is 0 Å². The first kappa shape index (κ1) is 12.9. The number of fused-ring (bicyclic) bond motifs is 2. The van der Waals surface area contributed by atoms with Crippen molar-refractivity contribution in [1.82, 2.24) is 0 Å². The van der Waals surface area contributed by atoms with E-state index in [1.165, 1.54) is 6.92 Å². The molecule has 0 saturated carbocycles. The third-order valence-corrected chi connectivity index (χ3v) is 3.74. The van der Waals surface area contributed by atoms with Gasteiger partial charge in [-0.2, -0.15) is 12.6 Å². The van der Waals surface area contributed by atoms with E-state index in [0.29, 0.717) is 5.75 Å². The minimum absolute atomic E-state index is 0.260. The van der Waals surface area contributed by atoms with Crippen molar-refractivity contribution in [2.24, 2.45) is 5.92 Å². The average molecular weight is 260 g/mol. The lowest BCUT2D eigenvalue weighted by Crippen LogP contribution is -2.51. The fourth-order valence-electron chi connectivity index (χ4n) is 2.50. The highest BCUT2D eigenvalue weighted by Crippen LogP contribution is 2.44. The van der Waals surface area contributed by atoms with Crippen molar-refractivity contribution in [2.45, 2.75) is 37.8 Å². The molecule has 2 rings (SSSR count). The van der Waals surface area contributed by atoms with E-state index in [2.05, 4.69) is 12.6 Å². The van der Waals surface area contributed by atoms with Crippen molar-refractivity contribution in [1.29, 1.82) is 0 Å². The van der Waals surface area contributed by atoms with Gasteiger partial charge in [-0.15, -0.1) is 0 Å². The van der Waals surface area contributed by atoms with Gasteiger partial charge < -0.3 is 9.84 Å². The molecule has 17 heavy (non-hydrogen) atoms. The Morgan fingerprint density at radius 2 is 2.41 bits per heavy atom. The monoisotopic (exact) mass is 260 g/mol. The summed E-state index contributed by atoms with van der Waals surface area (Å²) in [5.74, 6) is -0.234. The van der Waals surface area contributed by atoms with Gasteiger partial charge in [-0.25, -0.2) is 9.78 Å². The lowest BCUT2D eigenvalue weighted by Gasteiger charge is -2.36. The van der Waals surface area contributed by atoms with Gasteiger partial charge in [0.1, 0.15) is 23.9 Å². The Balaban J connectivity index is 2.25. The van der Waals surface area contributed by atoms with E-state index in [9.17, 15) is 9.90 Å². The van der Waals surface area contributed by atoms with Gasteiger partial charge in [0.25, 0.3) is 0 Å². The Hall–Kier alpha value is -0.560. The number of aliphatic hydroxyl groups is 1. The van der Waals surface area contributed by atoms with Gasteiger partial charge >= 0.3 is 5.97 Å². The molecule has 0 aromatic rings. The third-order valence-electron chi connectivity index (χ3n) is 3.25. The van der Waals surface area contributed by atoms with E-state index in [4.69, 9.17) is 14.5 Å². The van der Waals surface area contributed by atoms with Crippen LogP contribution in [0.15, 0.2) is 12.2 Å². The van der Waals surface area contributed by atoms with Crippen LogP contribution in [0.4, 0.5) is 0 Å². The number of thiol groups is 1. The molecule has 0 spiro atoms. The molecule has 5 nitrogen and oxygen atoms in total. The molecule has 1 fully saturated rings. The standard InChI is InChI=1S/C11H16O5S/c1-6(14-7(2)12)9-10-8(13)3-4-11(9,5-17)16-15-10/h3-4,6,8-10,13,17H,5H2,1-2H3. The highest BCUT2D eigenvalue weighted by Gasteiger charge is 2.57. The molecule has 0 radical (unpaired) electrons. The Morgan fingerprint density at radius 1 is 1.71 bits per heavy atom. The van der Waals surface area contributed by atoms with Gasteiger partial charge in [0.15, 0.2) is 0 Å². The smallest absolute Gasteiger partial charge is 0.302 e. The van der Waals surface area contributed by atoms with Crippen molar-refractivity contribution >= 4 is 18.6 Å².